The van der Waals surface area contributed by atoms with Gasteiger partial charge in [-0.05, 0) is 19.8 Å². The molecular weight excluding hydrogens is 313 g/mol. The third-order valence-corrected chi connectivity index (χ3v) is 4.38. The van der Waals surface area contributed by atoms with Crippen LogP contribution in [0, 0.1) is 5.82 Å². The van der Waals surface area contributed by atoms with E-state index in [0.717, 1.165) is 19.4 Å². The molecule has 0 aromatic carbocycles. The van der Waals surface area contributed by atoms with E-state index in [4.69, 9.17) is 10.5 Å². The Hall–Kier alpha value is -2.19. The zero-order valence-electron chi connectivity index (χ0n) is 13.8. The molecule has 1 saturated heterocycles. The van der Waals surface area contributed by atoms with Gasteiger partial charge in [-0.25, -0.2) is 9.37 Å². The van der Waals surface area contributed by atoms with Crippen LogP contribution in [0.3, 0.4) is 0 Å². The van der Waals surface area contributed by atoms with E-state index >= 15 is 0 Å². The number of methoxy groups -OCH3 is 1. The van der Waals surface area contributed by atoms with Gasteiger partial charge in [0.15, 0.2) is 5.82 Å². The van der Waals surface area contributed by atoms with E-state index in [9.17, 15) is 9.18 Å². The molecule has 8 heteroatoms. The quantitative estimate of drug-likeness (QED) is 0.789. The SMILES string of the molecule is COC(C)C(=O)Nc1c[nH]c2ncc(F)c(N3CCCC(N)C3)c12. The van der Waals surface area contributed by atoms with Crippen LogP contribution in [0.15, 0.2) is 12.4 Å². The van der Waals surface area contributed by atoms with Crippen LogP contribution in [0.5, 0.6) is 0 Å². The summed E-state index contributed by atoms with van der Waals surface area (Å²) in [6.45, 7) is 2.94. The molecule has 4 N–H and O–H groups in total. The highest BCUT2D eigenvalue weighted by molar-refractivity contribution is 6.07. The Bertz CT molecular complexity index is 747. The minimum Gasteiger partial charge on any atom is -0.372 e. The fourth-order valence-corrected chi connectivity index (χ4v) is 3.02. The highest BCUT2D eigenvalue weighted by atomic mass is 19.1. The number of aromatic amines is 1. The van der Waals surface area contributed by atoms with Crippen LogP contribution in [-0.4, -0.2) is 48.2 Å². The predicted octanol–water partition coefficient (Wildman–Crippen LogP) is 1.60. The van der Waals surface area contributed by atoms with E-state index in [2.05, 4.69) is 15.3 Å². The molecule has 1 amide bonds. The molecule has 1 aliphatic rings. The van der Waals surface area contributed by atoms with Gasteiger partial charge in [0.05, 0.1) is 23.0 Å². The fourth-order valence-electron chi connectivity index (χ4n) is 3.02. The number of amides is 1. The van der Waals surface area contributed by atoms with Crippen LogP contribution in [0.1, 0.15) is 19.8 Å². The number of nitrogens with one attached hydrogen (secondary N) is 2. The maximum atomic E-state index is 14.6. The molecule has 0 bridgehead atoms. The number of rotatable bonds is 4. The minimum atomic E-state index is -0.608. The number of nitrogens with two attached hydrogens (primary N) is 1. The summed E-state index contributed by atoms with van der Waals surface area (Å²) in [5.74, 6) is -0.726. The minimum absolute atomic E-state index is 0.00635. The lowest BCUT2D eigenvalue weighted by Gasteiger charge is -2.33. The van der Waals surface area contributed by atoms with Gasteiger partial charge in [0.25, 0.3) is 5.91 Å². The molecule has 0 aliphatic carbocycles. The van der Waals surface area contributed by atoms with Crippen molar-refractivity contribution in [3.63, 3.8) is 0 Å². The van der Waals surface area contributed by atoms with Crippen molar-refractivity contribution in [1.29, 1.82) is 0 Å². The Kier molecular flexibility index (Phi) is 4.68. The van der Waals surface area contributed by atoms with Gasteiger partial charge < -0.3 is 25.7 Å². The second-order valence-corrected chi connectivity index (χ2v) is 6.10. The van der Waals surface area contributed by atoms with Crippen LogP contribution >= 0.6 is 0 Å². The summed E-state index contributed by atoms with van der Waals surface area (Å²) < 4.78 is 19.6. The van der Waals surface area contributed by atoms with Crippen molar-refractivity contribution in [2.45, 2.75) is 31.9 Å². The smallest absolute Gasteiger partial charge is 0.253 e. The van der Waals surface area contributed by atoms with Gasteiger partial charge >= 0.3 is 0 Å². The first kappa shape index (κ1) is 16.7. The number of anilines is 2. The molecule has 2 unspecified atom stereocenters. The van der Waals surface area contributed by atoms with E-state index in [-0.39, 0.29) is 11.9 Å². The molecule has 3 rings (SSSR count). The van der Waals surface area contributed by atoms with Crippen molar-refractivity contribution in [2.75, 3.05) is 30.4 Å². The van der Waals surface area contributed by atoms with Crippen molar-refractivity contribution < 1.29 is 13.9 Å². The Balaban J connectivity index is 2.02. The number of hydrogen-bond donors (Lipinski definition) is 3. The number of pyridine rings is 1. The number of nitrogens with zero attached hydrogens (tertiary/aromatic N) is 2. The summed E-state index contributed by atoms with van der Waals surface area (Å²) in [6, 6.07) is 0.00635. The molecule has 24 heavy (non-hydrogen) atoms. The average molecular weight is 335 g/mol. The molecule has 2 atom stereocenters. The van der Waals surface area contributed by atoms with Gasteiger partial charge in [0.2, 0.25) is 0 Å². The van der Waals surface area contributed by atoms with Gasteiger partial charge in [-0.3, -0.25) is 4.79 Å². The van der Waals surface area contributed by atoms with E-state index in [1.807, 2.05) is 4.90 Å². The summed E-state index contributed by atoms with van der Waals surface area (Å²) in [5.41, 5.74) is 7.47. The van der Waals surface area contributed by atoms with Crippen LogP contribution in [0.4, 0.5) is 15.8 Å². The lowest BCUT2D eigenvalue weighted by Crippen LogP contribution is -2.43. The molecule has 1 aliphatic heterocycles. The second-order valence-electron chi connectivity index (χ2n) is 6.10. The second kappa shape index (κ2) is 6.74. The Morgan fingerprint density at radius 1 is 1.62 bits per heavy atom. The maximum absolute atomic E-state index is 14.6. The van der Waals surface area contributed by atoms with Crippen molar-refractivity contribution in [2.24, 2.45) is 5.73 Å². The first-order valence-electron chi connectivity index (χ1n) is 8.01. The highest BCUT2D eigenvalue weighted by Gasteiger charge is 2.25. The average Bonchev–Trinajstić information content (AvgIpc) is 2.96. The molecule has 2 aromatic heterocycles. The summed E-state index contributed by atoms with van der Waals surface area (Å²) in [6.07, 6.45) is 4.03. The van der Waals surface area contributed by atoms with Crippen molar-refractivity contribution in [3.8, 4) is 0 Å². The monoisotopic (exact) mass is 335 g/mol. The number of ether oxygens (including phenoxy) is 1. The summed E-state index contributed by atoms with van der Waals surface area (Å²) in [5, 5.41) is 3.33. The number of hydrogen-bond acceptors (Lipinski definition) is 5. The fraction of sp³-hybridized carbons (Fsp3) is 0.500. The Morgan fingerprint density at radius 3 is 3.12 bits per heavy atom. The molecule has 2 aromatic rings. The molecule has 130 valence electrons. The molecule has 3 heterocycles. The van der Waals surface area contributed by atoms with E-state index in [0.29, 0.717) is 29.0 Å². The van der Waals surface area contributed by atoms with Crippen LogP contribution in [0.2, 0.25) is 0 Å². The number of fused-ring (bicyclic) bond motifs is 1. The van der Waals surface area contributed by atoms with Crippen LogP contribution < -0.4 is 16.0 Å². The third kappa shape index (κ3) is 3.07. The summed E-state index contributed by atoms with van der Waals surface area (Å²) in [4.78, 5) is 21.1. The van der Waals surface area contributed by atoms with Gasteiger partial charge in [0, 0.05) is 32.4 Å². The Morgan fingerprint density at radius 2 is 2.42 bits per heavy atom. The number of halogens is 1. The van der Waals surface area contributed by atoms with Gasteiger partial charge in [-0.2, -0.15) is 0 Å². The van der Waals surface area contributed by atoms with Crippen LogP contribution in [-0.2, 0) is 9.53 Å². The number of piperidine rings is 1. The standard InChI is InChI=1S/C16H22FN5O2/c1-9(24-2)16(23)21-12-7-20-15-13(12)14(11(17)6-19-15)22-5-3-4-10(18)8-22/h6-7,9-10H,3-5,8,18H2,1-2H3,(H,19,20)(H,21,23). The molecule has 1 fully saturated rings. The van der Waals surface area contributed by atoms with E-state index < -0.39 is 11.9 Å². The topological polar surface area (TPSA) is 96.3 Å². The lowest BCUT2D eigenvalue weighted by atomic mass is 10.1. The first-order chi connectivity index (χ1) is 11.5. The molecular formula is C16H22FN5O2. The predicted molar refractivity (Wildman–Crippen MR) is 90.6 cm³/mol. The van der Waals surface area contributed by atoms with Gasteiger partial charge in [-0.1, -0.05) is 0 Å². The van der Waals surface area contributed by atoms with Crippen molar-refractivity contribution in [3.05, 3.63) is 18.2 Å². The largest absolute Gasteiger partial charge is 0.372 e. The number of carbonyl (C=O) groups excluding carboxylic acids is 1. The van der Waals surface area contributed by atoms with E-state index in [1.54, 1.807) is 13.1 Å². The maximum Gasteiger partial charge on any atom is 0.253 e. The summed E-state index contributed by atoms with van der Waals surface area (Å²) >= 11 is 0. The van der Waals surface area contributed by atoms with E-state index in [1.165, 1.54) is 13.3 Å². The number of H-pyrrole nitrogens is 1. The van der Waals surface area contributed by atoms with Gasteiger partial charge in [-0.15, -0.1) is 0 Å². The number of carbonyl (C=O) groups is 1. The van der Waals surface area contributed by atoms with Crippen molar-refractivity contribution in [1.82, 2.24) is 9.97 Å². The lowest BCUT2D eigenvalue weighted by molar-refractivity contribution is -0.124. The van der Waals surface area contributed by atoms with Crippen LogP contribution in [0.25, 0.3) is 11.0 Å². The number of aromatic nitrogens is 2. The third-order valence-electron chi connectivity index (χ3n) is 4.38. The molecule has 0 saturated carbocycles. The zero-order chi connectivity index (χ0) is 17.3. The summed E-state index contributed by atoms with van der Waals surface area (Å²) in [7, 11) is 1.46. The Labute approximate surface area is 139 Å². The molecule has 0 radical (unpaired) electrons. The first-order valence-corrected chi connectivity index (χ1v) is 8.01. The van der Waals surface area contributed by atoms with Crippen molar-refractivity contribution >= 4 is 28.3 Å². The zero-order valence-corrected chi connectivity index (χ0v) is 13.8. The normalized spacial score (nSPS) is 19.5. The highest BCUT2D eigenvalue weighted by Crippen LogP contribution is 2.35. The van der Waals surface area contributed by atoms with Gasteiger partial charge in [0.1, 0.15) is 11.8 Å². The molecule has 0 spiro atoms. The molecule has 7 nitrogen and oxygen atoms in total.